The third kappa shape index (κ3) is 5.97. The maximum absolute atomic E-state index is 12.6. The minimum Gasteiger partial charge on any atom is -0.377 e. The summed E-state index contributed by atoms with van der Waals surface area (Å²) in [5, 5.41) is 3.79. The molecule has 3 aromatic carbocycles. The van der Waals surface area contributed by atoms with Crippen molar-refractivity contribution in [1.29, 1.82) is 0 Å². The lowest BCUT2D eigenvalue weighted by molar-refractivity contribution is 0.483. The molecule has 0 fully saturated rings. The van der Waals surface area contributed by atoms with E-state index in [9.17, 15) is 16.8 Å². The van der Waals surface area contributed by atoms with Crippen LogP contribution < -0.4 is 9.01 Å². The highest BCUT2D eigenvalue weighted by atomic mass is 79.9. The monoisotopic (exact) mass is 600 g/mol. The van der Waals surface area contributed by atoms with E-state index in [0.29, 0.717) is 14.5 Å². The highest BCUT2D eigenvalue weighted by Crippen LogP contribution is 2.36. The molecule has 1 N–H and O–H groups in total. The van der Waals surface area contributed by atoms with Crippen molar-refractivity contribution >= 4 is 58.2 Å². The van der Waals surface area contributed by atoms with E-state index >= 15 is 0 Å². The van der Waals surface area contributed by atoms with E-state index in [1.54, 1.807) is 36.4 Å². The molecule has 0 bridgehead atoms. The highest BCUT2D eigenvalue weighted by molar-refractivity contribution is 9.11. The molecule has 32 heavy (non-hydrogen) atoms. The van der Waals surface area contributed by atoms with Crippen molar-refractivity contribution in [2.75, 3.05) is 0 Å². The van der Waals surface area contributed by atoms with Crippen molar-refractivity contribution in [1.82, 2.24) is 4.83 Å². The van der Waals surface area contributed by atoms with Crippen LogP contribution in [0.3, 0.4) is 0 Å². The van der Waals surface area contributed by atoms with Gasteiger partial charge < -0.3 is 4.18 Å². The van der Waals surface area contributed by atoms with Crippen LogP contribution >= 0.6 is 31.9 Å². The zero-order valence-electron chi connectivity index (χ0n) is 16.9. The zero-order valence-corrected chi connectivity index (χ0v) is 21.7. The van der Waals surface area contributed by atoms with Crippen LogP contribution in [0.4, 0.5) is 0 Å². The molecule has 7 nitrogen and oxygen atoms in total. The summed E-state index contributed by atoms with van der Waals surface area (Å²) in [5.74, 6) is 0.0583. The second-order valence-corrected chi connectivity index (χ2v) is 11.7. The summed E-state index contributed by atoms with van der Waals surface area (Å²) in [7, 11) is -7.85. The molecule has 3 rings (SSSR count). The molecule has 0 saturated carbocycles. The van der Waals surface area contributed by atoms with E-state index in [-0.39, 0.29) is 15.5 Å². The van der Waals surface area contributed by atoms with Gasteiger partial charge >= 0.3 is 10.1 Å². The number of nitrogens with zero attached hydrogens (tertiary/aromatic N) is 1. The number of sulfonamides is 1. The molecule has 0 saturated heterocycles. The van der Waals surface area contributed by atoms with Crippen molar-refractivity contribution in [2.45, 2.75) is 23.6 Å². The van der Waals surface area contributed by atoms with Gasteiger partial charge in [-0.15, -0.1) is 0 Å². The number of rotatable bonds is 7. The third-order valence-corrected chi connectivity index (χ3v) is 7.89. The average Bonchev–Trinajstić information content (AvgIpc) is 2.71. The Kier molecular flexibility index (Phi) is 7.43. The second kappa shape index (κ2) is 9.74. The summed E-state index contributed by atoms with van der Waals surface area (Å²) in [6.07, 6.45) is 1.29. The van der Waals surface area contributed by atoms with Crippen LogP contribution in [-0.2, 0) is 20.1 Å². The largest absolute Gasteiger partial charge is 0.377 e. The predicted octanol–water partition coefficient (Wildman–Crippen LogP) is 4.91. The first-order valence-corrected chi connectivity index (χ1v) is 13.6. The molecule has 3 aromatic rings. The van der Waals surface area contributed by atoms with E-state index in [2.05, 4.69) is 41.8 Å². The third-order valence-electron chi connectivity index (χ3n) is 4.24. The molecule has 0 amide bonds. The Morgan fingerprint density at radius 3 is 1.78 bits per heavy atom. The standard InChI is InChI=1S/C21H18Br2N2O5S2/c1-14-3-7-17(8-4-14)31(26,27)25-24-13-16-11-19(22)21(20(23)12-16)30-32(28,29)18-9-5-15(2)6-10-18/h3-13,25H,1-2H3/b24-13-. The van der Waals surface area contributed by atoms with Gasteiger partial charge in [0.15, 0.2) is 5.75 Å². The topological polar surface area (TPSA) is 102 Å². The second-order valence-electron chi connectivity index (χ2n) is 6.83. The SMILES string of the molecule is Cc1ccc(S(=O)(=O)N/N=C\c2cc(Br)c(OS(=O)(=O)c3ccc(C)cc3)c(Br)c2)cc1. The number of benzene rings is 3. The Hall–Kier alpha value is -2.21. The lowest BCUT2D eigenvalue weighted by atomic mass is 10.2. The van der Waals surface area contributed by atoms with Gasteiger partial charge in [-0.2, -0.15) is 21.9 Å². The Balaban J connectivity index is 1.78. The molecule has 0 aliphatic rings. The predicted molar refractivity (Wildman–Crippen MR) is 130 cm³/mol. The highest BCUT2D eigenvalue weighted by Gasteiger charge is 2.20. The van der Waals surface area contributed by atoms with E-state index in [0.717, 1.165) is 11.1 Å². The van der Waals surface area contributed by atoms with Crippen molar-refractivity contribution in [3.8, 4) is 5.75 Å². The summed E-state index contributed by atoms with van der Waals surface area (Å²) >= 11 is 6.58. The fourth-order valence-corrected chi connectivity index (χ4v) is 5.89. The number of aryl methyl sites for hydroxylation is 2. The molecule has 0 aliphatic heterocycles. The number of hydrogen-bond acceptors (Lipinski definition) is 6. The smallest absolute Gasteiger partial charge is 0.339 e. The van der Waals surface area contributed by atoms with E-state index < -0.39 is 20.1 Å². The van der Waals surface area contributed by atoms with Crippen molar-refractivity contribution < 1.29 is 21.0 Å². The normalized spacial score (nSPS) is 12.1. The van der Waals surface area contributed by atoms with Gasteiger partial charge in [-0.1, -0.05) is 35.4 Å². The van der Waals surface area contributed by atoms with Crippen molar-refractivity contribution in [2.24, 2.45) is 5.10 Å². The Morgan fingerprint density at radius 2 is 1.28 bits per heavy atom. The van der Waals surface area contributed by atoms with Gasteiger partial charge in [-0.25, -0.2) is 4.83 Å². The first kappa shape index (κ1) is 24.4. The summed E-state index contributed by atoms with van der Waals surface area (Å²) in [4.78, 5) is 2.26. The van der Waals surface area contributed by atoms with Crippen LogP contribution in [0.2, 0.25) is 0 Å². The Morgan fingerprint density at radius 1 is 0.812 bits per heavy atom. The maximum atomic E-state index is 12.6. The van der Waals surface area contributed by atoms with E-state index in [1.165, 1.54) is 30.5 Å². The van der Waals surface area contributed by atoms with E-state index in [1.807, 2.05) is 13.8 Å². The van der Waals surface area contributed by atoms with Crippen LogP contribution in [0.15, 0.2) is 84.5 Å². The van der Waals surface area contributed by atoms with Crippen molar-refractivity contribution in [3.63, 3.8) is 0 Å². The van der Waals surface area contributed by atoms with Gasteiger partial charge in [-0.3, -0.25) is 0 Å². The molecule has 0 heterocycles. The van der Waals surface area contributed by atoms with Gasteiger partial charge in [0.1, 0.15) is 4.90 Å². The molecule has 0 aliphatic carbocycles. The van der Waals surface area contributed by atoms with Gasteiger partial charge in [0.25, 0.3) is 10.0 Å². The summed E-state index contributed by atoms with van der Waals surface area (Å²) in [5.41, 5.74) is 2.36. The average molecular weight is 602 g/mol. The van der Waals surface area contributed by atoms with Crippen LogP contribution in [0.25, 0.3) is 0 Å². The van der Waals surface area contributed by atoms with E-state index in [4.69, 9.17) is 4.18 Å². The number of nitrogens with one attached hydrogen (secondary N) is 1. The molecular formula is C21H18Br2N2O5S2. The van der Waals surface area contributed by atoms with Gasteiger partial charge in [-0.05, 0) is 87.7 Å². The molecular weight excluding hydrogens is 584 g/mol. The van der Waals surface area contributed by atoms with Crippen LogP contribution in [0, 0.1) is 13.8 Å². The fraction of sp³-hybridized carbons (Fsp3) is 0.0952. The quantitative estimate of drug-likeness (QED) is 0.236. The Labute approximate surface area is 203 Å². The summed E-state index contributed by atoms with van der Waals surface area (Å²) in [6, 6.07) is 15.7. The number of hydrogen-bond donors (Lipinski definition) is 1. The Bertz CT molecular complexity index is 1350. The first-order chi connectivity index (χ1) is 15.0. The molecule has 0 spiro atoms. The molecule has 0 atom stereocenters. The van der Waals surface area contributed by atoms with Gasteiger partial charge in [0, 0.05) is 0 Å². The van der Waals surface area contributed by atoms with Crippen LogP contribution in [0.1, 0.15) is 16.7 Å². The minimum atomic E-state index is -4.04. The fourth-order valence-electron chi connectivity index (χ4n) is 2.54. The molecule has 0 aromatic heterocycles. The first-order valence-electron chi connectivity index (χ1n) is 9.10. The number of halogens is 2. The van der Waals surface area contributed by atoms with Crippen molar-refractivity contribution in [3.05, 3.63) is 86.3 Å². The summed E-state index contributed by atoms with van der Waals surface area (Å²) < 4.78 is 55.7. The lowest BCUT2D eigenvalue weighted by Gasteiger charge is -2.11. The zero-order chi connectivity index (χ0) is 23.5. The minimum absolute atomic E-state index is 0.0260. The molecule has 168 valence electrons. The van der Waals surface area contributed by atoms with Gasteiger partial charge in [0.05, 0.1) is 20.1 Å². The molecule has 0 radical (unpaired) electrons. The lowest BCUT2D eigenvalue weighted by Crippen LogP contribution is -2.18. The maximum Gasteiger partial charge on any atom is 0.339 e. The molecule has 11 heteroatoms. The molecule has 0 unspecified atom stereocenters. The summed E-state index contributed by atoms with van der Waals surface area (Å²) in [6.45, 7) is 3.71. The van der Waals surface area contributed by atoms with Crippen LogP contribution in [0.5, 0.6) is 5.75 Å². The van der Waals surface area contributed by atoms with Gasteiger partial charge in [0.2, 0.25) is 0 Å². The van der Waals surface area contributed by atoms with Crippen LogP contribution in [-0.4, -0.2) is 23.1 Å². The number of hydrazone groups is 1.